The van der Waals surface area contributed by atoms with Crippen molar-refractivity contribution in [3.8, 4) is 17.2 Å². The van der Waals surface area contributed by atoms with Gasteiger partial charge in [0.25, 0.3) is 0 Å². The molecule has 0 aliphatic heterocycles. The number of nitrogens with one attached hydrogen (secondary N) is 1. The number of benzene rings is 1. The molecule has 1 heterocycles. The van der Waals surface area contributed by atoms with E-state index in [2.05, 4.69) is 10.3 Å². The highest BCUT2D eigenvalue weighted by Gasteiger charge is 2.45. The summed E-state index contributed by atoms with van der Waals surface area (Å²) in [5.41, 5.74) is -0.300. The van der Waals surface area contributed by atoms with E-state index in [1.165, 1.54) is 12.3 Å². The fourth-order valence-electron chi connectivity index (χ4n) is 5.28. The van der Waals surface area contributed by atoms with E-state index >= 15 is 0 Å². The van der Waals surface area contributed by atoms with Gasteiger partial charge in [0.2, 0.25) is 0 Å². The second kappa shape index (κ2) is 11.7. The highest BCUT2D eigenvalue weighted by Crippen LogP contribution is 2.41. The lowest BCUT2D eigenvalue weighted by atomic mass is 10.0. The Morgan fingerprint density at radius 1 is 1.10 bits per heavy atom. The molecule has 3 aliphatic carbocycles. The van der Waals surface area contributed by atoms with E-state index < -0.39 is 43.4 Å². The number of amides is 1. The number of pyridine rings is 1. The molecule has 5 rings (SSSR count). The minimum Gasteiger partial charge on any atom is -0.465 e. The van der Waals surface area contributed by atoms with Gasteiger partial charge in [0, 0.05) is 11.9 Å². The standard InChI is InChI=1S/C23H26F3NO3S.C5H6N2O2/c1-15-12-17(10-11-27-15)16-6-9-22(21(13-16)23(24,25)26)31(28,29)20-8-7-19(14-20)30-18-4-2-3-5-18;6-3-5(1-2-5)7-4(8)9/h6,9-13,18-20H,2-5,7-8,14H2,1H3;7H,1-2H2,(H,8,9)/t19-,20-;/m0./s1. The maximum absolute atomic E-state index is 13.9. The molecule has 0 unspecified atom stereocenters. The first-order chi connectivity index (χ1) is 18.8. The first-order valence-electron chi connectivity index (χ1n) is 13.3. The topological polar surface area (TPSA) is 129 Å². The van der Waals surface area contributed by atoms with Crippen molar-refractivity contribution in [2.24, 2.45) is 0 Å². The van der Waals surface area contributed by atoms with Crippen LogP contribution in [0, 0.1) is 18.3 Å². The number of carboxylic acid groups (broad SMARTS) is 1. The van der Waals surface area contributed by atoms with Crippen molar-refractivity contribution in [2.45, 2.75) is 98.8 Å². The predicted molar refractivity (Wildman–Crippen MR) is 140 cm³/mol. The number of alkyl halides is 3. The third-order valence-corrected chi connectivity index (χ3v) is 9.87. The fraction of sp³-hybridized carbons (Fsp3) is 0.536. The van der Waals surface area contributed by atoms with E-state index in [1.54, 1.807) is 19.1 Å². The number of hydrogen-bond donors (Lipinski definition) is 2. The molecule has 0 spiro atoms. The van der Waals surface area contributed by atoms with Gasteiger partial charge in [-0.15, -0.1) is 0 Å². The number of ether oxygens (including phenoxy) is 1. The van der Waals surface area contributed by atoms with Crippen LogP contribution in [0.1, 0.15) is 69.0 Å². The summed E-state index contributed by atoms with van der Waals surface area (Å²) in [5, 5.41) is 17.8. The zero-order chi connectivity index (χ0) is 29.1. The molecule has 3 aliphatic rings. The Morgan fingerprint density at radius 3 is 2.33 bits per heavy atom. The van der Waals surface area contributed by atoms with E-state index in [4.69, 9.17) is 15.1 Å². The second-order valence-corrected chi connectivity index (χ2v) is 12.9. The average molecular weight is 580 g/mol. The van der Waals surface area contributed by atoms with Gasteiger partial charge in [-0.05, 0) is 87.3 Å². The Labute approximate surface area is 231 Å². The second-order valence-electron chi connectivity index (χ2n) is 10.7. The zero-order valence-electron chi connectivity index (χ0n) is 22.1. The molecule has 2 aromatic rings. The van der Waals surface area contributed by atoms with Gasteiger partial charge in [0.05, 0.1) is 34.0 Å². The summed E-state index contributed by atoms with van der Waals surface area (Å²) < 4.78 is 74.1. The monoisotopic (exact) mass is 579 g/mol. The van der Waals surface area contributed by atoms with Crippen LogP contribution >= 0.6 is 0 Å². The first kappa shape index (κ1) is 29.8. The third kappa shape index (κ3) is 7.12. The van der Waals surface area contributed by atoms with Crippen molar-refractivity contribution in [2.75, 3.05) is 0 Å². The molecule has 0 radical (unpaired) electrons. The van der Waals surface area contributed by atoms with Crippen LogP contribution in [0.3, 0.4) is 0 Å². The van der Waals surface area contributed by atoms with Gasteiger partial charge in [-0.3, -0.25) is 4.98 Å². The van der Waals surface area contributed by atoms with Crippen LogP contribution in [-0.4, -0.2) is 47.6 Å². The zero-order valence-corrected chi connectivity index (χ0v) is 22.9. The van der Waals surface area contributed by atoms with E-state index in [0.717, 1.165) is 37.8 Å². The van der Waals surface area contributed by atoms with Gasteiger partial charge < -0.3 is 15.2 Å². The third-order valence-electron chi connectivity index (χ3n) is 7.59. The largest absolute Gasteiger partial charge is 0.465 e. The molecule has 216 valence electrons. The van der Waals surface area contributed by atoms with Crippen molar-refractivity contribution in [3.63, 3.8) is 0 Å². The van der Waals surface area contributed by atoms with Gasteiger partial charge in [0.1, 0.15) is 5.54 Å². The minimum absolute atomic E-state index is 0.153. The summed E-state index contributed by atoms with van der Waals surface area (Å²) in [4.78, 5) is 13.4. The SMILES string of the molecule is Cc1cc(-c2ccc(S(=O)(=O)[C@H]3CC[C@H](OC4CCCC4)C3)c(C(F)(F)F)c2)ccn1.N#CC1(NC(=O)O)CC1. The van der Waals surface area contributed by atoms with Crippen molar-refractivity contribution >= 4 is 15.9 Å². The molecule has 1 amide bonds. The Hall–Kier alpha value is -3.17. The molecular weight excluding hydrogens is 547 g/mol. The van der Waals surface area contributed by atoms with Crippen molar-refractivity contribution in [1.29, 1.82) is 5.26 Å². The van der Waals surface area contributed by atoms with Crippen LogP contribution in [-0.2, 0) is 20.8 Å². The molecular formula is C28H32F3N3O5S. The Balaban J connectivity index is 0.000000350. The number of aryl methyl sites for hydroxylation is 1. The number of carbonyl (C=O) groups is 1. The van der Waals surface area contributed by atoms with Crippen molar-refractivity contribution in [3.05, 3.63) is 47.8 Å². The maximum Gasteiger partial charge on any atom is 0.417 e. The number of nitriles is 1. The van der Waals surface area contributed by atoms with Gasteiger partial charge in [-0.2, -0.15) is 18.4 Å². The molecule has 12 heteroatoms. The lowest BCUT2D eigenvalue weighted by Gasteiger charge is -2.20. The van der Waals surface area contributed by atoms with E-state index in [1.807, 2.05) is 6.07 Å². The molecule has 3 fully saturated rings. The molecule has 1 aromatic carbocycles. The first-order valence-corrected chi connectivity index (χ1v) is 14.8. The lowest BCUT2D eigenvalue weighted by molar-refractivity contribution is -0.139. The summed E-state index contributed by atoms with van der Waals surface area (Å²) >= 11 is 0. The van der Waals surface area contributed by atoms with Crippen LogP contribution in [0.4, 0.5) is 18.0 Å². The molecule has 0 saturated heterocycles. The van der Waals surface area contributed by atoms with E-state index in [0.29, 0.717) is 42.5 Å². The van der Waals surface area contributed by atoms with Crippen molar-refractivity contribution < 1.29 is 36.2 Å². The molecule has 3 saturated carbocycles. The van der Waals surface area contributed by atoms with E-state index in [9.17, 15) is 26.4 Å². The number of sulfone groups is 1. The minimum atomic E-state index is -4.78. The van der Waals surface area contributed by atoms with Gasteiger partial charge in [-0.1, -0.05) is 18.9 Å². The number of halogens is 3. The summed E-state index contributed by atoms with van der Waals surface area (Å²) in [5.74, 6) is 0. The maximum atomic E-state index is 13.9. The lowest BCUT2D eigenvalue weighted by Crippen LogP contribution is -2.33. The van der Waals surface area contributed by atoms with Gasteiger partial charge in [0.15, 0.2) is 9.84 Å². The summed E-state index contributed by atoms with van der Waals surface area (Å²) in [7, 11) is -4.14. The molecule has 2 N–H and O–H groups in total. The Morgan fingerprint density at radius 2 is 1.77 bits per heavy atom. The van der Waals surface area contributed by atoms with E-state index in [-0.39, 0.29) is 18.6 Å². The highest BCUT2D eigenvalue weighted by molar-refractivity contribution is 7.92. The number of rotatable bonds is 6. The van der Waals surface area contributed by atoms with Crippen LogP contribution in [0.25, 0.3) is 11.1 Å². The fourth-order valence-corrected chi connectivity index (χ4v) is 7.29. The summed E-state index contributed by atoms with van der Waals surface area (Å²) in [6.45, 7) is 1.75. The summed E-state index contributed by atoms with van der Waals surface area (Å²) in [6.07, 6.45) is 2.18. The normalized spacial score (nSPS) is 22.2. The Bertz CT molecular complexity index is 1380. The highest BCUT2D eigenvalue weighted by atomic mass is 32.2. The van der Waals surface area contributed by atoms with Gasteiger partial charge >= 0.3 is 12.3 Å². The number of aromatic nitrogens is 1. The quantitative estimate of drug-likeness (QED) is 0.427. The molecule has 8 nitrogen and oxygen atoms in total. The predicted octanol–water partition coefficient (Wildman–Crippen LogP) is 6.04. The molecule has 0 bridgehead atoms. The van der Waals surface area contributed by atoms with Crippen LogP contribution in [0.5, 0.6) is 0 Å². The van der Waals surface area contributed by atoms with Gasteiger partial charge in [-0.25, -0.2) is 13.2 Å². The van der Waals surface area contributed by atoms with Crippen LogP contribution < -0.4 is 5.32 Å². The van der Waals surface area contributed by atoms with Crippen LogP contribution in [0.2, 0.25) is 0 Å². The Kier molecular flexibility index (Phi) is 8.75. The number of hydrogen-bond acceptors (Lipinski definition) is 6. The summed E-state index contributed by atoms with van der Waals surface area (Å²) in [6, 6.07) is 8.66. The van der Waals surface area contributed by atoms with Crippen LogP contribution in [0.15, 0.2) is 41.4 Å². The molecule has 2 atom stereocenters. The smallest absolute Gasteiger partial charge is 0.417 e. The number of nitrogens with zero attached hydrogens (tertiary/aromatic N) is 2. The average Bonchev–Trinajstić information content (AvgIpc) is 3.25. The molecule has 1 aromatic heterocycles. The molecule has 40 heavy (non-hydrogen) atoms. The van der Waals surface area contributed by atoms with Crippen molar-refractivity contribution in [1.82, 2.24) is 10.3 Å².